The number of nitrogens with zero attached hydrogens (tertiary/aromatic N) is 5. The van der Waals surface area contributed by atoms with Crippen molar-refractivity contribution in [3.8, 4) is 5.82 Å². The maximum atomic E-state index is 13.7. The van der Waals surface area contributed by atoms with Crippen LogP contribution in [0.15, 0.2) is 43.1 Å². The van der Waals surface area contributed by atoms with Crippen LogP contribution in [0.25, 0.3) is 5.82 Å². The van der Waals surface area contributed by atoms with Crippen molar-refractivity contribution in [2.24, 2.45) is 0 Å². The van der Waals surface area contributed by atoms with Gasteiger partial charge in [0, 0.05) is 36.6 Å². The monoisotopic (exact) mass is 380 g/mol. The highest BCUT2D eigenvalue weighted by atomic mass is 19.1. The molecule has 1 fully saturated rings. The first-order valence-corrected chi connectivity index (χ1v) is 9.29. The summed E-state index contributed by atoms with van der Waals surface area (Å²) in [7, 11) is 0. The molecular weight excluding hydrogens is 359 g/mol. The first kappa shape index (κ1) is 18.1. The molecule has 7 nitrogen and oxygen atoms in total. The minimum atomic E-state index is -0.405. The van der Waals surface area contributed by atoms with Crippen LogP contribution in [0.1, 0.15) is 35.3 Å². The number of hydrogen-bond donors (Lipinski definition) is 1. The lowest BCUT2D eigenvalue weighted by atomic mass is 10.1. The Labute approximate surface area is 162 Å². The molecule has 0 radical (unpaired) electrons. The molecule has 28 heavy (non-hydrogen) atoms. The minimum absolute atomic E-state index is 0.224. The molecule has 1 aromatic carbocycles. The van der Waals surface area contributed by atoms with Gasteiger partial charge in [-0.2, -0.15) is 0 Å². The molecule has 4 rings (SSSR count). The lowest BCUT2D eigenvalue weighted by molar-refractivity contribution is 0.102. The van der Waals surface area contributed by atoms with Crippen molar-refractivity contribution < 1.29 is 9.18 Å². The number of aromatic nitrogens is 4. The summed E-state index contributed by atoms with van der Waals surface area (Å²) in [5.41, 5.74) is 1.04. The van der Waals surface area contributed by atoms with Gasteiger partial charge >= 0.3 is 0 Å². The number of piperidine rings is 1. The average molecular weight is 380 g/mol. The minimum Gasteiger partial charge on any atom is -0.356 e. The van der Waals surface area contributed by atoms with Crippen LogP contribution >= 0.6 is 0 Å². The Balaban J connectivity index is 1.52. The zero-order valence-electron chi connectivity index (χ0n) is 15.6. The van der Waals surface area contributed by atoms with Crippen LogP contribution in [-0.4, -0.2) is 38.5 Å². The summed E-state index contributed by atoms with van der Waals surface area (Å²) in [6.07, 6.45) is 8.23. The molecule has 0 bridgehead atoms. The van der Waals surface area contributed by atoms with Gasteiger partial charge in [0.15, 0.2) is 0 Å². The van der Waals surface area contributed by atoms with E-state index in [1.807, 2.05) is 6.07 Å². The van der Waals surface area contributed by atoms with Crippen molar-refractivity contribution in [3.05, 3.63) is 60.2 Å². The van der Waals surface area contributed by atoms with Gasteiger partial charge in [-0.3, -0.25) is 9.36 Å². The highest BCUT2D eigenvalue weighted by molar-refractivity contribution is 6.03. The van der Waals surface area contributed by atoms with E-state index in [0.29, 0.717) is 17.1 Å². The van der Waals surface area contributed by atoms with Crippen molar-refractivity contribution in [2.75, 3.05) is 23.3 Å². The van der Waals surface area contributed by atoms with Crippen LogP contribution < -0.4 is 10.2 Å². The van der Waals surface area contributed by atoms with E-state index in [9.17, 15) is 9.18 Å². The second kappa shape index (κ2) is 7.75. The zero-order valence-corrected chi connectivity index (χ0v) is 15.6. The maximum absolute atomic E-state index is 13.7. The van der Waals surface area contributed by atoms with Crippen molar-refractivity contribution >= 4 is 17.4 Å². The van der Waals surface area contributed by atoms with Gasteiger partial charge in [-0.25, -0.2) is 19.3 Å². The molecule has 1 amide bonds. The van der Waals surface area contributed by atoms with Crippen LogP contribution in [0.4, 0.5) is 15.9 Å². The van der Waals surface area contributed by atoms with Crippen LogP contribution in [-0.2, 0) is 0 Å². The molecule has 0 saturated carbocycles. The number of halogens is 1. The lowest BCUT2D eigenvalue weighted by Crippen LogP contribution is -2.30. The molecule has 1 N–H and O–H groups in total. The first-order chi connectivity index (χ1) is 13.6. The summed E-state index contributed by atoms with van der Waals surface area (Å²) in [5, 5.41) is 2.70. The van der Waals surface area contributed by atoms with Crippen molar-refractivity contribution in [3.63, 3.8) is 0 Å². The topological polar surface area (TPSA) is 75.9 Å². The van der Waals surface area contributed by atoms with E-state index in [2.05, 4.69) is 25.2 Å². The molecular formula is C20H21FN6O. The van der Waals surface area contributed by atoms with E-state index in [1.54, 1.807) is 29.8 Å². The molecule has 3 aromatic rings. The van der Waals surface area contributed by atoms with Gasteiger partial charge in [-0.15, -0.1) is 0 Å². The number of nitrogens with one attached hydrogen (secondary N) is 1. The molecule has 1 aliphatic rings. The summed E-state index contributed by atoms with van der Waals surface area (Å²) in [6, 6.07) is 6.46. The third-order valence-corrected chi connectivity index (χ3v) is 4.91. The molecule has 0 aliphatic carbocycles. The third-order valence-electron chi connectivity index (χ3n) is 4.91. The van der Waals surface area contributed by atoms with E-state index in [-0.39, 0.29) is 11.5 Å². The van der Waals surface area contributed by atoms with E-state index < -0.39 is 5.91 Å². The SMILES string of the molecule is Cc1c(F)cccc1NC(=O)c1cn(-c2cc(N3CCCCC3)ncn2)cn1. The largest absolute Gasteiger partial charge is 0.356 e. The number of carbonyl (C=O) groups excluding carboxylic acids is 1. The predicted octanol–water partition coefficient (Wildman–Crippen LogP) is 3.35. The fourth-order valence-corrected chi connectivity index (χ4v) is 3.27. The Morgan fingerprint density at radius 3 is 2.71 bits per heavy atom. The quantitative estimate of drug-likeness (QED) is 0.751. The summed E-state index contributed by atoms with van der Waals surface area (Å²) < 4.78 is 15.3. The molecule has 1 saturated heterocycles. The first-order valence-electron chi connectivity index (χ1n) is 9.29. The number of imidazole rings is 1. The fraction of sp³-hybridized carbons (Fsp3) is 0.300. The molecule has 0 atom stereocenters. The van der Waals surface area contributed by atoms with Gasteiger partial charge in [0.05, 0.1) is 0 Å². The second-order valence-electron chi connectivity index (χ2n) is 6.81. The van der Waals surface area contributed by atoms with Gasteiger partial charge in [0.25, 0.3) is 5.91 Å². The summed E-state index contributed by atoms with van der Waals surface area (Å²) in [6.45, 7) is 3.59. The van der Waals surface area contributed by atoms with Gasteiger partial charge in [-0.1, -0.05) is 6.07 Å². The van der Waals surface area contributed by atoms with E-state index >= 15 is 0 Å². The van der Waals surface area contributed by atoms with E-state index in [0.717, 1.165) is 31.7 Å². The Bertz CT molecular complexity index is 996. The molecule has 0 unspecified atom stereocenters. The Kier molecular flexibility index (Phi) is 5.01. The Morgan fingerprint density at radius 1 is 1.11 bits per heavy atom. The average Bonchev–Trinajstić information content (AvgIpc) is 3.23. The molecule has 144 valence electrons. The number of benzene rings is 1. The summed E-state index contributed by atoms with van der Waals surface area (Å²) >= 11 is 0. The smallest absolute Gasteiger partial charge is 0.275 e. The zero-order chi connectivity index (χ0) is 19.5. The number of carbonyl (C=O) groups is 1. The van der Waals surface area contributed by atoms with E-state index in [4.69, 9.17) is 0 Å². The highest BCUT2D eigenvalue weighted by Gasteiger charge is 2.15. The van der Waals surface area contributed by atoms with Crippen molar-refractivity contribution in [1.82, 2.24) is 19.5 Å². The Morgan fingerprint density at radius 2 is 1.89 bits per heavy atom. The number of amides is 1. The third kappa shape index (κ3) is 3.71. The van der Waals surface area contributed by atoms with Crippen LogP contribution in [0, 0.1) is 12.7 Å². The maximum Gasteiger partial charge on any atom is 0.275 e. The fourth-order valence-electron chi connectivity index (χ4n) is 3.27. The summed E-state index contributed by atoms with van der Waals surface area (Å²) in [5.74, 6) is 0.746. The van der Waals surface area contributed by atoms with Crippen molar-refractivity contribution in [2.45, 2.75) is 26.2 Å². The molecule has 3 heterocycles. The number of hydrogen-bond acceptors (Lipinski definition) is 5. The second-order valence-corrected chi connectivity index (χ2v) is 6.81. The predicted molar refractivity (Wildman–Crippen MR) is 104 cm³/mol. The van der Waals surface area contributed by atoms with Gasteiger partial charge < -0.3 is 10.2 Å². The number of anilines is 2. The lowest BCUT2D eigenvalue weighted by Gasteiger charge is -2.27. The van der Waals surface area contributed by atoms with Gasteiger partial charge in [0.1, 0.15) is 35.8 Å². The molecule has 1 aliphatic heterocycles. The van der Waals surface area contributed by atoms with Crippen LogP contribution in [0.3, 0.4) is 0 Å². The molecule has 0 spiro atoms. The summed E-state index contributed by atoms with van der Waals surface area (Å²) in [4.78, 5) is 27.6. The standard InChI is InChI=1S/C20H21FN6O/c1-14-15(21)6-5-7-16(14)25-20(28)17-11-27(13-24-17)19-10-18(22-12-23-19)26-8-3-2-4-9-26/h5-7,10-13H,2-4,8-9H2,1H3,(H,25,28). The van der Waals surface area contributed by atoms with Gasteiger partial charge in [-0.05, 0) is 38.3 Å². The molecule has 8 heteroatoms. The van der Waals surface area contributed by atoms with Crippen LogP contribution in [0.5, 0.6) is 0 Å². The van der Waals surface area contributed by atoms with Gasteiger partial charge in [0.2, 0.25) is 0 Å². The Hall–Kier alpha value is -3.29. The van der Waals surface area contributed by atoms with Crippen LogP contribution in [0.2, 0.25) is 0 Å². The highest BCUT2D eigenvalue weighted by Crippen LogP contribution is 2.20. The normalized spacial score (nSPS) is 14.1. The number of rotatable bonds is 4. The van der Waals surface area contributed by atoms with Crippen molar-refractivity contribution in [1.29, 1.82) is 0 Å². The molecule has 2 aromatic heterocycles. The van der Waals surface area contributed by atoms with E-state index in [1.165, 1.54) is 25.1 Å².